The molecular weight excluding hydrogens is 417 g/mol. The summed E-state index contributed by atoms with van der Waals surface area (Å²) in [6, 6.07) is 5.58. The molecule has 0 atom stereocenters. The van der Waals surface area contributed by atoms with Crippen molar-refractivity contribution >= 4 is 56.6 Å². The van der Waals surface area contributed by atoms with Crippen molar-refractivity contribution < 1.29 is 4.79 Å². The van der Waals surface area contributed by atoms with Gasteiger partial charge in [-0.25, -0.2) is 4.98 Å². The maximum Gasteiger partial charge on any atom is 0.278 e. The monoisotopic (exact) mass is 441 g/mol. The summed E-state index contributed by atoms with van der Waals surface area (Å²) >= 11 is 7.76. The SMILES string of the molecule is CCN(CC)CCN(C(=O)c1ccnn1C)c1nc2c(C)c(Cl)ccc2s1.Cl. The van der Waals surface area contributed by atoms with Crippen LogP contribution < -0.4 is 4.90 Å². The number of benzene rings is 1. The number of aromatic nitrogens is 3. The first kappa shape index (κ1) is 22.6. The fraction of sp³-hybridized carbons (Fsp3) is 0.421. The van der Waals surface area contributed by atoms with Gasteiger partial charge in [0.05, 0.1) is 10.2 Å². The fourth-order valence-corrected chi connectivity index (χ4v) is 4.19. The molecule has 0 unspecified atom stereocenters. The number of amides is 1. The third kappa shape index (κ3) is 4.49. The van der Waals surface area contributed by atoms with E-state index in [2.05, 4.69) is 23.8 Å². The Morgan fingerprint density at radius 3 is 2.54 bits per heavy atom. The minimum absolute atomic E-state index is 0. The lowest BCUT2D eigenvalue weighted by atomic mass is 10.2. The molecule has 0 aliphatic heterocycles. The van der Waals surface area contributed by atoms with Gasteiger partial charge in [-0.1, -0.05) is 36.8 Å². The number of fused-ring (bicyclic) bond motifs is 1. The number of rotatable bonds is 7. The van der Waals surface area contributed by atoms with Crippen LogP contribution in [-0.4, -0.2) is 51.8 Å². The fourth-order valence-electron chi connectivity index (χ4n) is 2.99. The molecule has 0 fully saturated rings. The Bertz CT molecular complexity index is 951. The van der Waals surface area contributed by atoms with E-state index >= 15 is 0 Å². The zero-order chi connectivity index (χ0) is 19.6. The molecule has 2 aromatic heterocycles. The zero-order valence-electron chi connectivity index (χ0n) is 16.5. The summed E-state index contributed by atoms with van der Waals surface area (Å²) in [6.45, 7) is 9.44. The molecule has 0 spiro atoms. The number of thiazole rings is 1. The summed E-state index contributed by atoms with van der Waals surface area (Å²) in [5, 5.41) is 5.51. The topological polar surface area (TPSA) is 54.3 Å². The molecule has 0 aliphatic rings. The Labute approximate surface area is 180 Å². The Hall–Kier alpha value is -1.67. The second-order valence-corrected chi connectivity index (χ2v) is 7.76. The molecule has 0 saturated heterocycles. The van der Waals surface area contributed by atoms with E-state index in [0.717, 1.165) is 35.4 Å². The van der Waals surface area contributed by atoms with Crippen molar-refractivity contribution in [1.82, 2.24) is 19.7 Å². The summed E-state index contributed by atoms with van der Waals surface area (Å²) < 4.78 is 2.62. The summed E-state index contributed by atoms with van der Waals surface area (Å²) in [4.78, 5) is 22.0. The van der Waals surface area contributed by atoms with Gasteiger partial charge in [-0.3, -0.25) is 14.4 Å². The summed E-state index contributed by atoms with van der Waals surface area (Å²) in [5.74, 6) is -0.0926. The lowest BCUT2D eigenvalue weighted by molar-refractivity contribution is 0.0974. The molecule has 152 valence electrons. The number of nitrogens with zero attached hydrogens (tertiary/aromatic N) is 5. The highest BCUT2D eigenvalue weighted by atomic mass is 35.5. The van der Waals surface area contributed by atoms with Gasteiger partial charge >= 0.3 is 0 Å². The van der Waals surface area contributed by atoms with Gasteiger partial charge in [0.15, 0.2) is 5.13 Å². The Kier molecular flexibility index (Phi) is 7.83. The van der Waals surface area contributed by atoms with Crippen LogP contribution in [0.1, 0.15) is 29.9 Å². The van der Waals surface area contributed by atoms with E-state index in [1.165, 1.54) is 11.3 Å². The summed E-state index contributed by atoms with van der Waals surface area (Å²) in [6.07, 6.45) is 1.64. The lowest BCUT2D eigenvalue weighted by Crippen LogP contribution is -2.39. The molecular formula is C19H25Cl2N5OS. The van der Waals surface area contributed by atoms with Gasteiger partial charge in [0, 0.05) is 31.4 Å². The first-order valence-electron chi connectivity index (χ1n) is 9.04. The summed E-state index contributed by atoms with van der Waals surface area (Å²) in [7, 11) is 1.78. The maximum absolute atomic E-state index is 13.2. The van der Waals surface area contributed by atoms with E-state index in [1.54, 1.807) is 28.9 Å². The zero-order valence-corrected chi connectivity index (χ0v) is 18.9. The van der Waals surface area contributed by atoms with E-state index < -0.39 is 0 Å². The second-order valence-electron chi connectivity index (χ2n) is 6.34. The number of halogens is 2. The van der Waals surface area contributed by atoms with Gasteiger partial charge in [0.25, 0.3) is 5.91 Å². The van der Waals surface area contributed by atoms with E-state index in [1.807, 2.05) is 19.1 Å². The van der Waals surface area contributed by atoms with E-state index in [9.17, 15) is 4.79 Å². The van der Waals surface area contributed by atoms with E-state index in [-0.39, 0.29) is 18.3 Å². The van der Waals surface area contributed by atoms with Gasteiger partial charge < -0.3 is 4.90 Å². The third-order valence-electron chi connectivity index (χ3n) is 4.79. The molecule has 3 rings (SSSR count). The number of hydrogen-bond donors (Lipinski definition) is 0. The predicted octanol–water partition coefficient (Wildman–Crippen LogP) is 4.40. The van der Waals surface area contributed by atoms with Crippen LogP contribution in [0.2, 0.25) is 5.02 Å². The van der Waals surface area contributed by atoms with Gasteiger partial charge in [0.1, 0.15) is 5.69 Å². The Morgan fingerprint density at radius 1 is 1.21 bits per heavy atom. The van der Waals surface area contributed by atoms with Gasteiger partial charge in [-0.2, -0.15) is 5.10 Å². The highest BCUT2D eigenvalue weighted by Crippen LogP contribution is 2.34. The number of carbonyl (C=O) groups is 1. The molecule has 28 heavy (non-hydrogen) atoms. The lowest BCUT2D eigenvalue weighted by Gasteiger charge is -2.24. The van der Waals surface area contributed by atoms with Crippen molar-refractivity contribution in [3.8, 4) is 0 Å². The van der Waals surface area contributed by atoms with Crippen molar-refractivity contribution in [2.45, 2.75) is 20.8 Å². The Balaban J connectivity index is 0.00000280. The molecule has 0 aliphatic carbocycles. The van der Waals surface area contributed by atoms with Crippen LogP contribution >= 0.6 is 35.3 Å². The molecule has 1 amide bonds. The van der Waals surface area contributed by atoms with Crippen molar-refractivity contribution in [2.75, 3.05) is 31.1 Å². The molecule has 0 bridgehead atoms. The van der Waals surface area contributed by atoms with Crippen LogP contribution in [0.5, 0.6) is 0 Å². The molecule has 0 saturated carbocycles. The molecule has 6 nitrogen and oxygen atoms in total. The van der Waals surface area contributed by atoms with Gasteiger partial charge in [-0.15, -0.1) is 12.4 Å². The average molecular weight is 442 g/mol. The minimum Gasteiger partial charge on any atom is -0.302 e. The largest absolute Gasteiger partial charge is 0.302 e. The number of carbonyl (C=O) groups excluding carboxylic acids is 1. The van der Waals surface area contributed by atoms with Gasteiger partial charge in [-0.05, 0) is 43.8 Å². The molecule has 9 heteroatoms. The molecule has 1 aromatic carbocycles. The van der Waals surface area contributed by atoms with Gasteiger partial charge in [0.2, 0.25) is 0 Å². The summed E-state index contributed by atoms with van der Waals surface area (Å²) in [5.41, 5.74) is 2.34. The van der Waals surface area contributed by atoms with Crippen LogP contribution in [0.3, 0.4) is 0 Å². The molecule has 2 heterocycles. The second kappa shape index (κ2) is 9.69. The van der Waals surface area contributed by atoms with Crippen molar-refractivity contribution in [3.05, 3.63) is 40.7 Å². The number of anilines is 1. The first-order valence-corrected chi connectivity index (χ1v) is 10.2. The quantitative estimate of drug-likeness (QED) is 0.544. The highest BCUT2D eigenvalue weighted by Gasteiger charge is 2.24. The number of hydrogen-bond acceptors (Lipinski definition) is 5. The highest BCUT2D eigenvalue weighted by molar-refractivity contribution is 7.22. The average Bonchev–Trinajstić information content (AvgIpc) is 3.28. The van der Waals surface area contributed by atoms with Crippen LogP contribution in [-0.2, 0) is 7.05 Å². The smallest absolute Gasteiger partial charge is 0.278 e. The predicted molar refractivity (Wildman–Crippen MR) is 119 cm³/mol. The first-order chi connectivity index (χ1) is 13.0. The molecule has 0 N–H and O–H groups in total. The van der Waals surface area contributed by atoms with Crippen molar-refractivity contribution in [3.63, 3.8) is 0 Å². The number of likely N-dealkylation sites (N-methyl/N-ethyl adjacent to an activating group) is 1. The normalized spacial score (nSPS) is 11.1. The van der Waals surface area contributed by atoms with Crippen LogP contribution in [0.25, 0.3) is 10.2 Å². The van der Waals surface area contributed by atoms with E-state index in [0.29, 0.717) is 22.4 Å². The van der Waals surface area contributed by atoms with Crippen LogP contribution in [0.15, 0.2) is 24.4 Å². The molecule has 0 radical (unpaired) electrons. The van der Waals surface area contributed by atoms with E-state index in [4.69, 9.17) is 16.6 Å². The Morgan fingerprint density at radius 2 is 1.93 bits per heavy atom. The standard InChI is InChI=1S/C19H24ClN5OS.ClH/c1-5-24(6-2)11-12-25(18(26)15-9-10-21-23(15)4)19-22-17-13(3)14(20)7-8-16(17)27-19;/h7-10H,5-6,11-12H2,1-4H3;1H. The van der Waals surface area contributed by atoms with Crippen LogP contribution in [0.4, 0.5) is 5.13 Å². The van der Waals surface area contributed by atoms with Crippen molar-refractivity contribution in [2.24, 2.45) is 7.05 Å². The maximum atomic E-state index is 13.2. The third-order valence-corrected chi connectivity index (χ3v) is 6.24. The number of aryl methyl sites for hydroxylation is 2. The minimum atomic E-state index is -0.0926. The van der Waals surface area contributed by atoms with Crippen LogP contribution in [0, 0.1) is 6.92 Å². The molecule has 3 aromatic rings. The van der Waals surface area contributed by atoms with Crippen molar-refractivity contribution in [1.29, 1.82) is 0 Å².